The van der Waals surface area contributed by atoms with Crippen LogP contribution < -0.4 is 0 Å². The van der Waals surface area contributed by atoms with Crippen molar-refractivity contribution in [3.8, 4) is 17.9 Å². The van der Waals surface area contributed by atoms with Gasteiger partial charge in [0.25, 0.3) is 0 Å². The number of rotatable bonds is 1. The van der Waals surface area contributed by atoms with Gasteiger partial charge in [0.05, 0.1) is 10.6 Å². The first kappa shape index (κ1) is 11.1. The number of halogens is 2. The summed E-state index contributed by atoms with van der Waals surface area (Å²) >= 11 is 9.07. The van der Waals surface area contributed by atoms with Gasteiger partial charge in [-0.05, 0) is 18.2 Å². The summed E-state index contributed by atoms with van der Waals surface area (Å²) in [6.07, 6.45) is 0.796. The Bertz CT molecular complexity index is 423. The first-order valence-corrected chi connectivity index (χ1v) is 5.52. The van der Waals surface area contributed by atoms with E-state index in [1.807, 2.05) is 12.1 Å². The molecular weight excluding hydrogens is 261 g/mol. The summed E-state index contributed by atoms with van der Waals surface area (Å²) in [5, 5.41) is 10.1. The Morgan fingerprint density at radius 2 is 2.21 bits per heavy atom. The summed E-state index contributed by atoms with van der Waals surface area (Å²) in [4.78, 5) is 0. The van der Waals surface area contributed by atoms with Gasteiger partial charge in [-0.3, -0.25) is 0 Å². The Morgan fingerprint density at radius 3 is 2.86 bits per heavy atom. The zero-order chi connectivity index (χ0) is 10.4. The van der Waals surface area contributed by atoms with Gasteiger partial charge in [-0.15, -0.1) is 0 Å². The molecule has 1 aromatic carbocycles. The molecule has 0 aromatic heterocycles. The average molecular weight is 269 g/mol. The van der Waals surface area contributed by atoms with E-state index in [1.54, 1.807) is 12.1 Å². The van der Waals surface area contributed by atoms with Crippen molar-refractivity contribution in [2.45, 2.75) is 6.42 Å². The molecule has 0 atom stereocenters. The van der Waals surface area contributed by atoms with Crippen LogP contribution in [0.4, 0.5) is 0 Å². The molecule has 0 aliphatic carbocycles. The monoisotopic (exact) mass is 267 g/mol. The van der Waals surface area contributed by atoms with E-state index in [0.717, 1.165) is 17.3 Å². The Balaban J connectivity index is 2.93. The molecule has 0 saturated carbocycles. The van der Waals surface area contributed by atoms with Crippen molar-refractivity contribution in [3.05, 3.63) is 34.3 Å². The maximum atomic E-state index is 8.72. The van der Waals surface area contributed by atoms with Crippen molar-refractivity contribution >= 4 is 27.5 Å². The highest BCUT2D eigenvalue weighted by Gasteiger charge is 1.98. The highest BCUT2D eigenvalue weighted by molar-refractivity contribution is 9.09. The van der Waals surface area contributed by atoms with Crippen LogP contribution in [0, 0.1) is 23.2 Å². The lowest BCUT2D eigenvalue weighted by molar-refractivity contribution is 1.32. The lowest BCUT2D eigenvalue weighted by Gasteiger charge is -1.94. The number of alkyl halides is 1. The van der Waals surface area contributed by atoms with Gasteiger partial charge in [-0.2, -0.15) is 5.26 Å². The molecule has 0 aliphatic heterocycles. The van der Waals surface area contributed by atoms with E-state index in [-0.39, 0.29) is 0 Å². The molecule has 1 aromatic rings. The molecule has 3 heteroatoms. The quantitative estimate of drug-likeness (QED) is 0.566. The van der Waals surface area contributed by atoms with Crippen LogP contribution in [-0.2, 0) is 0 Å². The van der Waals surface area contributed by atoms with Crippen molar-refractivity contribution in [2.75, 3.05) is 5.33 Å². The van der Waals surface area contributed by atoms with E-state index < -0.39 is 0 Å². The molecule has 1 nitrogen and oxygen atoms in total. The van der Waals surface area contributed by atoms with Crippen molar-refractivity contribution in [2.24, 2.45) is 0 Å². The lowest BCUT2D eigenvalue weighted by Crippen LogP contribution is -1.80. The van der Waals surface area contributed by atoms with Crippen molar-refractivity contribution < 1.29 is 0 Å². The van der Waals surface area contributed by atoms with Crippen molar-refractivity contribution in [3.63, 3.8) is 0 Å². The maximum Gasteiger partial charge on any atom is 0.101 e. The molecule has 0 aliphatic rings. The molecule has 70 valence electrons. The lowest BCUT2D eigenvalue weighted by atomic mass is 10.1. The standard InChI is InChI=1S/C11H7BrClN/c12-6-2-1-3-9-4-5-11(13)10(7-9)8-14/h4-5,7H,2,6H2. The third kappa shape index (κ3) is 3.07. The molecule has 0 bridgehead atoms. The van der Waals surface area contributed by atoms with E-state index in [4.69, 9.17) is 16.9 Å². The Labute approximate surface area is 96.8 Å². The Hall–Kier alpha value is -0.960. The molecule has 0 unspecified atom stereocenters. The zero-order valence-electron chi connectivity index (χ0n) is 7.35. The molecule has 0 saturated heterocycles. The van der Waals surface area contributed by atoms with Crippen LogP contribution in [0.15, 0.2) is 18.2 Å². The summed E-state index contributed by atoms with van der Waals surface area (Å²) in [5.41, 5.74) is 1.30. The van der Waals surface area contributed by atoms with Gasteiger partial charge in [-0.1, -0.05) is 39.4 Å². The van der Waals surface area contributed by atoms with Gasteiger partial charge in [0.15, 0.2) is 0 Å². The van der Waals surface area contributed by atoms with Crippen LogP contribution in [0.25, 0.3) is 0 Å². The van der Waals surface area contributed by atoms with Gasteiger partial charge in [0, 0.05) is 17.3 Å². The number of nitrogens with zero attached hydrogens (tertiary/aromatic N) is 1. The number of benzene rings is 1. The molecular formula is C11H7BrClN. The Kier molecular flexibility index (Phi) is 4.53. The predicted octanol–water partition coefficient (Wildman–Crippen LogP) is 3.35. The van der Waals surface area contributed by atoms with Gasteiger partial charge < -0.3 is 0 Å². The number of hydrogen-bond acceptors (Lipinski definition) is 1. The van der Waals surface area contributed by atoms with Crippen LogP contribution >= 0.6 is 27.5 Å². The van der Waals surface area contributed by atoms with Crippen LogP contribution in [0.5, 0.6) is 0 Å². The summed E-state index contributed by atoms with van der Waals surface area (Å²) in [6, 6.07) is 7.22. The second-order valence-electron chi connectivity index (χ2n) is 2.55. The van der Waals surface area contributed by atoms with E-state index in [2.05, 4.69) is 27.8 Å². The van der Waals surface area contributed by atoms with Crippen LogP contribution in [0.2, 0.25) is 5.02 Å². The summed E-state index contributed by atoms with van der Waals surface area (Å²) < 4.78 is 0. The molecule has 1 rings (SSSR count). The molecule has 0 spiro atoms. The first-order valence-electron chi connectivity index (χ1n) is 4.02. The normalized spacial score (nSPS) is 8.64. The van der Waals surface area contributed by atoms with Crippen molar-refractivity contribution in [1.29, 1.82) is 5.26 Å². The maximum absolute atomic E-state index is 8.72. The van der Waals surface area contributed by atoms with E-state index in [9.17, 15) is 0 Å². The highest BCUT2D eigenvalue weighted by Crippen LogP contribution is 2.15. The van der Waals surface area contributed by atoms with Crippen LogP contribution in [-0.4, -0.2) is 5.33 Å². The SMILES string of the molecule is N#Cc1cc(C#CCCBr)ccc1Cl. The predicted molar refractivity (Wildman–Crippen MR) is 61.5 cm³/mol. The van der Waals surface area contributed by atoms with E-state index >= 15 is 0 Å². The average Bonchev–Trinajstić information content (AvgIpc) is 2.21. The van der Waals surface area contributed by atoms with Crippen LogP contribution in [0.1, 0.15) is 17.5 Å². The second-order valence-corrected chi connectivity index (χ2v) is 3.75. The zero-order valence-corrected chi connectivity index (χ0v) is 9.69. The minimum Gasteiger partial charge on any atom is -0.192 e. The van der Waals surface area contributed by atoms with Crippen molar-refractivity contribution in [1.82, 2.24) is 0 Å². The number of nitriles is 1. The number of hydrogen-bond donors (Lipinski definition) is 0. The molecule has 0 amide bonds. The molecule has 0 N–H and O–H groups in total. The van der Waals surface area contributed by atoms with E-state index in [0.29, 0.717) is 10.6 Å². The summed E-state index contributed by atoms with van der Waals surface area (Å²) in [7, 11) is 0. The third-order valence-electron chi connectivity index (χ3n) is 1.54. The largest absolute Gasteiger partial charge is 0.192 e. The fourth-order valence-corrected chi connectivity index (χ4v) is 1.26. The molecule has 0 heterocycles. The fraction of sp³-hybridized carbons (Fsp3) is 0.182. The summed E-state index contributed by atoms with van der Waals surface area (Å²) in [5.74, 6) is 5.93. The van der Waals surface area contributed by atoms with Gasteiger partial charge >= 0.3 is 0 Å². The van der Waals surface area contributed by atoms with Gasteiger partial charge in [0.1, 0.15) is 6.07 Å². The smallest absolute Gasteiger partial charge is 0.101 e. The molecule has 14 heavy (non-hydrogen) atoms. The van der Waals surface area contributed by atoms with Gasteiger partial charge in [-0.25, -0.2) is 0 Å². The van der Waals surface area contributed by atoms with Gasteiger partial charge in [0.2, 0.25) is 0 Å². The minimum atomic E-state index is 0.470. The minimum absolute atomic E-state index is 0.470. The van der Waals surface area contributed by atoms with E-state index in [1.165, 1.54) is 0 Å². The summed E-state index contributed by atoms with van der Waals surface area (Å²) in [6.45, 7) is 0. The second kappa shape index (κ2) is 5.70. The highest BCUT2D eigenvalue weighted by atomic mass is 79.9. The molecule has 0 radical (unpaired) electrons. The first-order chi connectivity index (χ1) is 6.77. The molecule has 0 fully saturated rings. The van der Waals surface area contributed by atoms with Crippen LogP contribution in [0.3, 0.4) is 0 Å². The topological polar surface area (TPSA) is 23.8 Å². The third-order valence-corrected chi connectivity index (χ3v) is 2.27. The Morgan fingerprint density at radius 1 is 1.43 bits per heavy atom. The fourth-order valence-electron chi connectivity index (χ4n) is 0.901.